The first-order valence-corrected chi connectivity index (χ1v) is 9.45. The van der Waals surface area contributed by atoms with Gasteiger partial charge in [0.2, 0.25) is 0 Å². The van der Waals surface area contributed by atoms with Crippen LogP contribution in [0.15, 0.2) is 23.4 Å². The fourth-order valence-corrected chi connectivity index (χ4v) is 2.88. The second-order valence-corrected chi connectivity index (χ2v) is 7.73. The fourth-order valence-electron chi connectivity index (χ4n) is 2.32. The molecule has 2 heterocycles. The minimum atomic E-state index is -4.86. The molecule has 0 saturated carbocycles. The maximum absolute atomic E-state index is 13.3. The van der Waals surface area contributed by atoms with Crippen LogP contribution in [0.2, 0.25) is 0 Å². The lowest BCUT2D eigenvalue weighted by Gasteiger charge is -2.16. The lowest BCUT2D eigenvalue weighted by atomic mass is 10.2. The van der Waals surface area contributed by atoms with Crippen LogP contribution in [0.25, 0.3) is 5.69 Å². The highest BCUT2D eigenvalue weighted by Crippen LogP contribution is 2.35. The second-order valence-electron chi connectivity index (χ2n) is 5.77. The molecule has 0 aromatic carbocycles. The van der Waals surface area contributed by atoms with E-state index in [1.165, 1.54) is 13.2 Å². The molecule has 27 heavy (non-hydrogen) atoms. The highest BCUT2D eigenvalue weighted by Gasteiger charge is 2.39. The van der Waals surface area contributed by atoms with Crippen LogP contribution in [0.5, 0.6) is 0 Å². The van der Waals surface area contributed by atoms with Crippen molar-refractivity contribution < 1.29 is 31.1 Å². The van der Waals surface area contributed by atoms with E-state index in [4.69, 9.17) is 4.74 Å². The number of alkyl halides is 3. The molecule has 0 amide bonds. The van der Waals surface area contributed by atoms with E-state index < -0.39 is 33.3 Å². The normalized spacial score (nSPS) is 13.4. The molecule has 12 heteroatoms. The van der Waals surface area contributed by atoms with Crippen LogP contribution in [-0.4, -0.2) is 55.5 Å². The molecule has 0 saturated heterocycles. The van der Waals surface area contributed by atoms with Crippen molar-refractivity contribution in [1.82, 2.24) is 14.8 Å². The highest BCUT2D eigenvalue weighted by atomic mass is 32.2. The number of nitrogens with one attached hydrogen (secondary N) is 1. The molecule has 0 spiro atoms. The number of aldehydes is 1. The van der Waals surface area contributed by atoms with Crippen molar-refractivity contribution in [3.63, 3.8) is 0 Å². The predicted octanol–water partition coefficient (Wildman–Crippen LogP) is 1.95. The number of rotatable bonds is 7. The zero-order chi connectivity index (χ0) is 20.4. The van der Waals surface area contributed by atoms with Crippen molar-refractivity contribution in [3.8, 4) is 5.69 Å². The Morgan fingerprint density at radius 3 is 2.48 bits per heavy atom. The molecule has 8 nitrogen and oxygen atoms in total. The second kappa shape index (κ2) is 7.64. The summed E-state index contributed by atoms with van der Waals surface area (Å²) in [5.41, 5.74) is -1.98. The zero-order valence-corrected chi connectivity index (χ0v) is 15.4. The Balaban J connectivity index is 2.63. The van der Waals surface area contributed by atoms with Crippen molar-refractivity contribution in [2.75, 3.05) is 25.3 Å². The summed E-state index contributed by atoms with van der Waals surface area (Å²) in [7, 11) is -2.16. The first kappa shape index (κ1) is 20.8. The van der Waals surface area contributed by atoms with E-state index in [0.29, 0.717) is 0 Å². The van der Waals surface area contributed by atoms with Crippen LogP contribution in [0.1, 0.15) is 23.0 Å². The zero-order valence-electron chi connectivity index (χ0n) is 14.6. The smallest absolute Gasteiger partial charge is 0.383 e. The van der Waals surface area contributed by atoms with Gasteiger partial charge in [-0.15, -0.1) is 0 Å². The van der Waals surface area contributed by atoms with E-state index in [1.807, 2.05) is 0 Å². The Kier molecular flexibility index (Phi) is 5.90. The lowest BCUT2D eigenvalue weighted by Crippen LogP contribution is -2.23. The Morgan fingerprint density at radius 1 is 1.37 bits per heavy atom. The van der Waals surface area contributed by atoms with Gasteiger partial charge in [-0.2, -0.15) is 18.3 Å². The minimum absolute atomic E-state index is 0.0492. The van der Waals surface area contributed by atoms with Crippen LogP contribution in [0, 0.1) is 0 Å². The number of carbonyl (C=O) groups excluding carboxylic acids is 1. The van der Waals surface area contributed by atoms with E-state index in [-0.39, 0.29) is 29.4 Å². The lowest BCUT2D eigenvalue weighted by molar-refractivity contribution is -0.141. The van der Waals surface area contributed by atoms with Gasteiger partial charge in [0.1, 0.15) is 5.82 Å². The van der Waals surface area contributed by atoms with E-state index >= 15 is 0 Å². The third-order valence-electron chi connectivity index (χ3n) is 3.45. The van der Waals surface area contributed by atoms with Crippen LogP contribution < -0.4 is 5.32 Å². The molecule has 1 atom stereocenters. The first-order valence-electron chi connectivity index (χ1n) is 7.56. The molecule has 1 unspecified atom stereocenters. The number of sulfone groups is 1. The molecule has 0 fully saturated rings. The molecule has 2 aromatic heterocycles. The number of anilines is 1. The molecule has 0 aliphatic heterocycles. The summed E-state index contributed by atoms with van der Waals surface area (Å²) >= 11 is 0. The third-order valence-corrected chi connectivity index (χ3v) is 4.45. The average Bonchev–Trinajstić information content (AvgIpc) is 2.93. The number of nitrogens with zero attached hydrogens (tertiary/aromatic N) is 3. The predicted molar refractivity (Wildman–Crippen MR) is 89.8 cm³/mol. The maximum atomic E-state index is 13.3. The van der Waals surface area contributed by atoms with Gasteiger partial charge in [-0.3, -0.25) is 4.79 Å². The summed E-state index contributed by atoms with van der Waals surface area (Å²) < 4.78 is 68.6. The summed E-state index contributed by atoms with van der Waals surface area (Å²) in [6, 6.07) is 1.95. The molecule has 0 aliphatic rings. The average molecular weight is 406 g/mol. The van der Waals surface area contributed by atoms with E-state index in [2.05, 4.69) is 15.4 Å². The summed E-state index contributed by atoms with van der Waals surface area (Å²) in [4.78, 5) is 15.1. The molecule has 2 aromatic rings. The van der Waals surface area contributed by atoms with Gasteiger partial charge < -0.3 is 10.1 Å². The number of hydrogen-bond acceptors (Lipinski definition) is 7. The fraction of sp³-hybridized carbons (Fsp3) is 0.400. The SMILES string of the molecule is COCC(C)Nc1c(C=O)c(C(F)(F)F)nn1-c1ccc(S(C)(=O)=O)nc1. The van der Waals surface area contributed by atoms with Crippen molar-refractivity contribution in [3.05, 3.63) is 29.6 Å². The molecule has 148 valence electrons. The number of hydrogen-bond donors (Lipinski definition) is 1. The monoisotopic (exact) mass is 406 g/mol. The van der Waals surface area contributed by atoms with Gasteiger partial charge >= 0.3 is 6.18 Å². The van der Waals surface area contributed by atoms with Crippen LogP contribution >= 0.6 is 0 Å². The third kappa shape index (κ3) is 4.63. The largest absolute Gasteiger partial charge is 0.435 e. The van der Waals surface area contributed by atoms with Gasteiger partial charge in [0.05, 0.1) is 24.1 Å². The van der Waals surface area contributed by atoms with E-state index in [0.717, 1.165) is 23.2 Å². The number of aromatic nitrogens is 3. The molecule has 1 N–H and O–H groups in total. The van der Waals surface area contributed by atoms with Gasteiger partial charge in [-0.05, 0) is 19.1 Å². The van der Waals surface area contributed by atoms with Gasteiger partial charge in [-0.1, -0.05) is 0 Å². The van der Waals surface area contributed by atoms with Crippen molar-refractivity contribution >= 4 is 21.9 Å². The number of methoxy groups -OCH3 is 1. The van der Waals surface area contributed by atoms with Crippen LogP contribution in [0.4, 0.5) is 19.0 Å². The maximum Gasteiger partial charge on any atom is 0.435 e. The quantitative estimate of drug-likeness (QED) is 0.701. The van der Waals surface area contributed by atoms with E-state index in [9.17, 15) is 26.4 Å². The van der Waals surface area contributed by atoms with Crippen LogP contribution in [0.3, 0.4) is 0 Å². The molecular formula is C15H17F3N4O4S. The molecule has 2 rings (SSSR count). The Labute approximate surface area is 153 Å². The number of halogens is 3. The molecule has 0 aliphatic carbocycles. The summed E-state index contributed by atoms with van der Waals surface area (Å²) in [6.07, 6.45) is -2.78. The first-order chi connectivity index (χ1) is 12.5. The standard InChI is InChI=1S/C15H17F3N4O4S/c1-9(8-26-2)20-14-11(7-23)13(15(16,17)18)21-22(14)10-4-5-12(19-6-10)27(3,24)25/h4-7,9,20H,8H2,1-3H3. The van der Waals surface area contributed by atoms with Gasteiger partial charge in [0.25, 0.3) is 0 Å². The number of carbonyl (C=O) groups is 1. The van der Waals surface area contributed by atoms with Crippen LogP contribution in [-0.2, 0) is 20.8 Å². The van der Waals surface area contributed by atoms with Crippen molar-refractivity contribution in [2.45, 2.75) is 24.2 Å². The Bertz CT molecular complexity index is 924. The highest BCUT2D eigenvalue weighted by molar-refractivity contribution is 7.90. The molecule has 0 bridgehead atoms. The van der Waals surface area contributed by atoms with Crippen molar-refractivity contribution in [1.29, 1.82) is 0 Å². The summed E-state index contributed by atoms with van der Waals surface area (Å²) in [5.74, 6) is -0.198. The van der Waals surface area contributed by atoms with Gasteiger partial charge in [0.15, 0.2) is 26.8 Å². The summed E-state index contributed by atoms with van der Waals surface area (Å²) in [5, 5.41) is 6.02. The van der Waals surface area contributed by atoms with Gasteiger partial charge in [0, 0.05) is 19.4 Å². The Morgan fingerprint density at radius 2 is 2.04 bits per heavy atom. The molecular weight excluding hydrogens is 389 g/mol. The van der Waals surface area contributed by atoms with E-state index in [1.54, 1.807) is 6.92 Å². The summed E-state index contributed by atoms with van der Waals surface area (Å²) in [6.45, 7) is 1.81. The topological polar surface area (TPSA) is 103 Å². The minimum Gasteiger partial charge on any atom is -0.383 e. The number of ether oxygens (including phenoxy) is 1. The van der Waals surface area contributed by atoms with Crippen molar-refractivity contribution in [2.24, 2.45) is 0 Å². The molecule has 0 radical (unpaired) electrons. The van der Waals surface area contributed by atoms with Gasteiger partial charge in [-0.25, -0.2) is 18.1 Å². The number of pyridine rings is 1. The Hall–Kier alpha value is -2.47.